The van der Waals surface area contributed by atoms with Gasteiger partial charge in [0.25, 0.3) is 5.71 Å². The summed E-state index contributed by atoms with van der Waals surface area (Å²) < 4.78 is 0. The Hall–Kier alpha value is -1.73. The molecule has 0 atom stereocenters. The molecule has 16 heavy (non-hydrogen) atoms. The molecular formula is C13H16N2O. The fraction of sp³-hybridized carbons (Fsp3) is 0.385. The second-order valence-electron chi connectivity index (χ2n) is 3.89. The summed E-state index contributed by atoms with van der Waals surface area (Å²) >= 11 is 0. The van der Waals surface area contributed by atoms with Gasteiger partial charge in [-0.15, -0.1) is 0 Å². The summed E-state index contributed by atoms with van der Waals surface area (Å²) in [4.78, 5) is 14.4. The third-order valence-electron chi connectivity index (χ3n) is 2.39. The number of carbonyl (C=O) groups excluding carboxylic acids is 1. The van der Waals surface area contributed by atoms with Crippen LogP contribution in [0.4, 0.5) is 0 Å². The number of ketones is 1. The highest BCUT2D eigenvalue weighted by Crippen LogP contribution is 2.05. The van der Waals surface area contributed by atoms with Gasteiger partial charge in [-0.3, -0.25) is 4.79 Å². The molecule has 3 nitrogen and oxygen atoms in total. The van der Waals surface area contributed by atoms with E-state index in [1.807, 2.05) is 18.2 Å². The van der Waals surface area contributed by atoms with Crippen LogP contribution in [0.15, 0.2) is 30.3 Å². The standard InChI is InChI=1S/C13H16N2O/c1-11(15-14)10-13(16)9-5-8-12-6-3-2-4-7-12/h2-4,6-7H,5,8-10H2,1H3. The van der Waals surface area contributed by atoms with Crippen molar-refractivity contribution >= 4 is 11.5 Å². The molecule has 0 amide bonds. The number of carbonyl (C=O) groups is 1. The van der Waals surface area contributed by atoms with Crippen molar-refractivity contribution < 1.29 is 9.58 Å². The Morgan fingerprint density at radius 2 is 2.00 bits per heavy atom. The van der Waals surface area contributed by atoms with E-state index in [-0.39, 0.29) is 12.2 Å². The minimum absolute atomic E-state index is 0.131. The van der Waals surface area contributed by atoms with Gasteiger partial charge in [-0.2, -0.15) is 4.79 Å². The lowest BCUT2D eigenvalue weighted by molar-refractivity contribution is -0.118. The van der Waals surface area contributed by atoms with E-state index < -0.39 is 0 Å². The predicted octanol–water partition coefficient (Wildman–Crippen LogP) is 2.66. The zero-order valence-electron chi connectivity index (χ0n) is 9.52. The molecule has 84 valence electrons. The molecule has 0 unspecified atom stereocenters. The molecule has 0 bridgehead atoms. The first-order valence-electron chi connectivity index (χ1n) is 5.45. The molecule has 1 rings (SSSR count). The third-order valence-corrected chi connectivity index (χ3v) is 2.39. The number of hydrogen-bond donors (Lipinski definition) is 0. The number of hydrogen-bond acceptors (Lipinski definition) is 1. The zero-order chi connectivity index (χ0) is 11.8. The number of aryl methyl sites for hydroxylation is 1. The molecular weight excluding hydrogens is 200 g/mol. The van der Waals surface area contributed by atoms with E-state index in [2.05, 4.69) is 16.9 Å². The van der Waals surface area contributed by atoms with Crippen molar-refractivity contribution in [2.45, 2.75) is 32.6 Å². The van der Waals surface area contributed by atoms with E-state index in [0.717, 1.165) is 12.8 Å². The quantitative estimate of drug-likeness (QED) is 0.409. The molecule has 0 heterocycles. The molecule has 1 aromatic rings. The monoisotopic (exact) mass is 216 g/mol. The van der Waals surface area contributed by atoms with E-state index in [1.54, 1.807) is 6.92 Å². The Labute approximate surface area is 95.7 Å². The van der Waals surface area contributed by atoms with Crippen LogP contribution >= 0.6 is 0 Å². The fourth-order valence-electron chi connectivity index (χ4n) is 1.54. The lowest BCUT2D eigenvalue weighted by atomic mass is 10.0. The van der Waals surface area contributed by atoms with E-state index in [0.29, 0.717) is 12.1 Å². The zero-order valence-corrected chi connectivity index (χ0v) is 9.52. The van der Waals surface area contributed by atoms with Gasteiger partial charge in [0.15, 0.2) is 0 Å². The number of nitrogens with zero attached hydrogens (tertiary/aromatic N) is 2. The second kappa shape index (κ2) is 6.70. The average molecular weight is 216 g/mol. The van der Waals surface area contributed by atoms with Crippen molar-refractivity contribution in [2.75, 3.05) is 0 Å². The van der Waals surface area contributed by atoms with Crippen LogP contribution in [-0.2, 0) is 11.2 Å². The van der Waals surface area contributed by atoms with E-state index in [9.17, 15) is 4.79 Å². The van der Waals surface area contributed by atoms with Crippen molar-refractivity contribution in [2.24, 2.45) is 0 Å². The summed E-state index contributed by atoms with van der Waals surface area (Å²) in [6, 6.07) is 10.1. The molecule has 1 aromatic carbocycles. The first-order chi connectivity index (χ1) is 7.72. The normalized spacial score (nSPS) is 9.56. The van der Waals surface area contributed by atoms with Crippen LogP contribution in [0.1, 0.15) is 31.7 Å². The van der Waals surface area contributed by atoms with Gasteiger partial charge in [0, 0.05) is 13.3 Å². The minimum Gasteiger partial charge on any atom is -0.362 e. The van der Waals surface area contributed by atoms with Crippen LogP contribution in [0.25, 0.3) is 5.53 Å². The van der Waals surface area contributed by atoms with Crippen molar-refractivity contribution in [3.63, 3.8) is 0 Å². The predicted molar refractivity (Wildman–Crippen MR) is 63.3 cm³/mol. The summed E-state index contributed by atoms with van der Waals surface area (Å²) in [6.07, 6.45) is 2.57. The molecule has 0 N–H and O–H groups in total. The maximum absolute atomic E-state index is 11.4. The third kappa shape index (κ3) is 4.67. The summed E-state index contributed by atoms with van der Waals surface area (Å²) in [5.74, 6) is 0.131. The van der Waals surface area contributed by atoms with E-state index in [4.69, 9.17) is 5.53 Å². The molecule has 0 fully saturated rings. The molecule has 0 saturated carbocycles. The maximum atomic E-state index is 11.4. The van der Waals surface area contributed by atoms with Gasteiger partial charge < -0.3 is 5.53 Å². The largest absolute Gasteiger partial charge is 0.362 e. The number of rotatable bonds is 6. The first-order valence-corrected chi connectivity index (χ1v) is 5.45. The highest BCUT2D eigenvalue weighted by molar-refractivity contribution is 5.98. The Kier molecular flexibility index (Phi) is 5.17. The van der Waals surface area contributed by atoms with Crippen LogP contribution in [-0.4, -0.2) is 16.3 Å². The summed E-state index contributed by atoms with van der Waals surface area (Å²) in [7, 11) is 0. The molecule has 0 aliphatic carbocycles. The lowest BCUT2D eigenvalue weighted by Crippen LogP contribution is -2.05. The van der Waals surface area contributed by atoms with E-state index in [1.165, 1.54) is 5.56 Å². The SMILES string of the molecule is CC(CC(=O)CCCc1ccccc1)=[N+]=[N-]. The molecule has 3 heteroatoms. The molecule has 0 aliphatic heterocycles. The number of Topliss-reactive ketones (excluding diaryl/α,β-unsaturated/α-hetero) is 1. The number of benzene rings is 1. The van der Waals surface area contributed by atoms with Gasteiger partial charge in [0.05, 0.1) is 0 Å². The Morgan fingerprint density at radius 1 is 1.31 bits per heavy atom. The highest BCUT2D eigenvalue weighted by Gasteiger charge is 2.08. The average Bonchev–Trinajstić information content (AvgIpc) is 2.30. The van der Waals surface area contributed by atoms with Crippen molar-refractivity contribution in [3.05, 3.63) is 41.4 Å². The van der Waals surface area contributed by atoms with Gasteiger partial charge in [0.1, 0.15) is 12.2 Å². The van der Waals surface area contributed by atoms with Crippen LogP contribution in [0.2, 0.25) is 0 Å². The summed E-state index contributed by atoms with van der Waals surface area (Å²) in [6.45, 7) is 1.65. The van der Waals surface area contributed by atoms with Gasteiger partial charge in [0.2, 0.25) is 0 Å². The van der Waals surface area contributed by atoms with Gasteiger partial charge in [-0.05, 0) is 18.4 Å². The van der Waals surface area contributed by atoms with Gasteiger partial charge in [-0.1, -0.05) is 30.3 Å². The first kappa shape index (κ1) is 12.3. The van der Waals surface area contributed by atoms with Gasteiger partial charge in [-0.25, -0.2) is 0 Å². The highest BCUT2D eigenvalue weighted by atomic mass is 16.1. The molecule has 0 saturated heterocycles. The van der Waals surface area contributed by atoms with Crippen molar-refractivity contribution in [3.8, 4) is 0 Å². The topological polar surface area (TPSA) is 53.5 Å². The van der Waals surface area contributed by atoms with Crippen LogP contribution < -0.4 is 0 Å². The Bertz CT molecular complexity index is 392. The maximum Gasteiger partial charge on any atom is 0.273 e. The lowest BCUT2D eigenvalue weighted by Gasteiger charge is -1.99. The van der Waals surface area contributed by atoms with Gasteiger partial charge >= 0.3 is 0 Å². The smallest absolute Gasteiger partial charge is 0.273 e. The molecule has 0 aromatic heterocycles. The fourth-order valence-corrected chi connectivity index (χ4v) is 1.54. The molecule has 0 radical (unpaired) electrons. The summed E-state index contributed by atoms with van der Waals surface area (Å²) in [5.41, 5.74) is 10.2. The Balaban J connectivity index is 2.26. The summed E-state index contributed by atoms with van der Waals surface area (Å²) in [5, 5.41) is 0. The van der Waals surface area contributed by atoms with Crippen LogP contribution in [0.3, 0.4) is 0 Å². The van der Waals surface area contributed by atoms with Crippen LogP contribution in [0.5, 0.6) is 0 Å². The second-order valence-corrected chi connectivity index (χ2v) is 3.89. The minimum atomic E-state index is 0.131. The van der Waals surface area contributed by atoms with E-state index >= 15 is 0 Å². The van der Waals surface area contributed by atoms with Crippen molar-refractivity contribution in [1.82, 2.24) is 0 Å². The molecule has 0 aliphatic rings. The molecule has 0 spiro atoms. The van der Waals surface area contributed by atoms with Crippen molar-refractivity contribution in [1.29, 1.82) is 0 Å². The Morgan fingerprint density at radius 3 is 2.62 bits per heavy atom. The van der Waals surface area contributed by atoms with Crippen LogP contribution in [0, 0.1) is 0 Å².